The van der Waals surface area contributed by atoms with Crippen LogP contribution in [0.5, 0.6) is 0 Å². The summed E-state index contributed by atoms with van der Waals surface area (Å²) in [6.07, 6.45) is 0. The average Bonchev–Trinajstić information content (AvgIpc) is 2.67. The highest BCUT2D eigenvalue weighted by atomic mass is 35.5. The minimum atomic E-state index is -0.433. The highest BCUT2D eigenvalue weighted by Crippen LogP contribution is 2.18. The molecular formula is C20H20ClN4O2+. The van der Waals surface area contributed by atoms with Gasteiger partial charge in [-0.3, -0.25) is 14.3 Å². The first kappa shape index (κ1) is 17.6. The Hall–Kier alpha value is -2.83. The van der Waals surface area contributed by atoms with Crippen molar-refractivity contribution in [2.75, 3.05) is 12.0 Å². The van der Waals surface area contributed by atoms with Gasteiger partial charge in [0.25, 0.3) is 5.56 Å². The number of quaternary nitrogens is 1. The Kier molecular flexibility index (Phi) is 4.83. The molecule has 0 saturated carbocycles. The maximum Gasteiger partial charge on any atom is 0.330 e. The minimum absolute atomic E-state index is 0.304. The van der Waals surface area contributed by atoms with E-state index in [9.17, 15) is 9.59 Å². The predicted molar refractivity (Wildman–Crippen MR) is 105 cm³/mol. The van der Waals surface area contributed by atoms with Gasteiger partial charge in [-0.1, -0.05) is 60.1 Å². The second kappa shape index (κ2) is 7.42. The molecule has 1 atom stereocenters. The highest BCUT2D eigenvalue weighted by Gasteiger charge is 2.25. The molecule has 0 spiro atoms. The van der Waals surface area contributed by atoms with Crippen molar-refractivity contribution in [2.45, 2.75) is 19.6 Å². The summed E-state index contributed by atoms with van der Waals surface area (Å²) >= 11 is 6.24. The number of nitrogens with zero attached hydrogens (tertiary/aromatic N) is 1. The third kappa shape index (κ3) is 3.67. The number of nitrogens with one attached hydrogen (secondary N) is 3. The predicted octanol–water partition coefficient (Wildman–Crippen LogP) is 1.21. The molecule has 0 saturated heterocycles. The number of fused-ring (bicyclic) bond motifs is 1. The van der Waals surface area contributed by atoms with E-state index in [4.69, 9.17) is 11.6 Å². The normalized spacial score (nSPS) is 15.8. The lowest BCUT2D eigenvalue weighted by molar-refractivity contribution is -0.926. The molecule has 4 rings (SSSR count). The molecule has 1 aromatic heterocycles. The molecule has 138 valence electrons. The molecule has 3 N–H and O–H groups in total. The van der Waals surface area contributed by atoms with E-state index >= 15 is 0 Å². The van der Waals surface area contributed by atoms with Crippen molar-refractivity contribution in [2.24, 2.45) is 0 Å². The summed E-state index contributed by atoms with van der Waals surface area (Å²) < 4.78 is 1.55. The number of benzene rings is 2. The molecule has 0 amide bonds. The Labute approximate surface area is 161 Å². The maximum absolute atomic E-state index is 12.4. The van der Waals surface area contributed by atoms with Gasteiger partial charge in [-0.05, 0) is 11.6 Å². The van der Waals surface area contributed by atoms with Gasteiger partial charge in [0.15, 0.2) is 6.67 Å². The fourth-order valence-electron chi connectivity index (χ4n) is 3.46. The van der Waals surface area contributed by atoms with Crippen LogP contribution in [0.4, 0.5) is 5.82 Å². The van der Waals surface area contributed by atoms with Gasteiger partial charge in [0, 0.05) is 10.6 Å². The number of hydrogen-bond donors (Lipinski definition) is 3. The summed E-state index contributed by atoms with van der Waals surface area (Å²) in [6.45, 7) is 2.29. The zero-order valence-corrected chi connectivity index (χ0v) is 15.4. The molecule has 0 aliphatic carbocycles. The van der Waals surface area contributed by atoms with E-state index in [1.54, 1.807) is 10.6 Å². The lowest BCUT2D eigenvalue weighted by Crippen LogP contribution is -3.11. The largest absolute Gasteiger partial charge is 0.330 e. The third-order valence-electron chi connectivity index (χ3n) is 4.81. The fourth-order valence-corrected chi connectivity index (χ4v) is 3.65. The molecule has 3 aromatic rings. The van der Waals surface area contributed by atoms with Gasteiger partial charge in [0.05, 0.1) is 6.54 Å². The van der Waals surface area contributed by atoms with Crippen LogP contribution in [0.2, 0.25) is 5.02 Å². The van der Waals surface area contributed by atoms with Crippen LogP contribution in [0.25, 0.3) is 0 Å². The first-order valence-electron chi connectivity index (χ1n) is 8.82. The van der Waals surface area contributed by atoms with Crippen molar-refractivity contribution in [3.8, 4) is 0 Å². The Morgan fingerprint density at radius 1 is 1.04 bits per heavy atom. The van der Waals surface area contributed by atoms with Crippen LogP contribution in [-0.2, 0) is 19.6 Å². The van der Waals surface area contributed by atoms with Gasteiger partial charge in [-0.2, -0.15) is 0 Å². The van der Waals surface area contributed by atoms with Crippen molar-refractivity contribution in [1.82, 2.24) is 9.55 Å². The van der Waals surface area contributed by atoms with Crippen LogP contribution in [0.1, 0.15) is 16.7 Å². The first-order chi connectivity index (χ1) is 13.1. The van der Waals surface area contributed by atoms with Gasteiger partial charge >= 0.3 is 5.69 Å². The Balaban J connectivity index is 1.65. The van der Waals surface area contributed by atoms with E-state index in [2.05, 4.69) is 22.4 Å². The molecule has 27 heavy (non-hydrogen) atoms. The lowest BCUT2D eigenvalue weighted by Gasteiger charge is -2.28. The summed E-state index contributed by atoms with van der Waals surface area (Å²) in [5.74, 6) is 0.584. The number of aromatic nitrogens is 2. The Morgan fingerprint density at radius 3 is 2.56 bits per heavy atom. The van der Waals surface area contributed by atoms with Gasteiger partial charge in [0.2, 0.25) is 0 Å². The Bertz CT molecular complexity index is 1080. The van der Waals surface area contributed by atoms with Gasteiger partial charge < -0.3 is 10.2 Å². The third-order valence-corrected chi connectivity index (χ3v) is 5.18. The zero-order chi connectivity index (χ0) is 18.8. The molecule has 6 nitrogen and oxygen atoms in total. The number of halogens is 1. The van der Waals surface area contributed by atoms with Crippen molar-refractivity contribution < 1.29 is 4.90 Å². The molecule has 0 radical (unpaired) electrons. The summed E-state index contributed by atoms with van der Waals surface area (Å²) in [7, 11) is 0. The molecule has 0 fully saturated rings. The van der Waals surface area contributed by atoms with E-state index in [1.165, 1.54) is 10.5 Å². The molecule has 2 heterocycles. The summed E-state index contributed by atoms with van der Waals surface area (Å²) in [4.78, 5) is 28.5. The van der Waals surface area contributed by atoms with Crippen molar-refractivity contribution in [1.29, 1.82) is 0 Å². The SMILES string of the molecule is O=c1[nH]c(=O)n(Cc2ccccc2Cl)c2c1C[NH+](Cc1ccccc1)CN2. The van der Waals surface area contributed by atoms with Crippen LogP contribution < -0.4 is 21.5 Å². The quantitative estimate of drug-likeness (QED) is 0.634. The first-order valence-corrected chi connectivity index (χ1v) is 9.20. The number of rotatable bonds is 4. The van der Waals surface area contributed by atoms with E-state index in [0.29, 0.717) is 36.2 Å². The topological polar surface area (TPSA) is 71.3 Å². The number of anilines is 1. The molecule has 0 bridgehead atoms. The maximum atomic E-state index is 12.4. The average molecular weight is 384 g/mol. The highest BCUT2D eigenvalue weighted by molar-refractivity contribution is 6.31. The second-order valence-electron chi connectivity index (χ2n) is 6.71. The van der Waals surface area contributed by atoms with Crippen LogP contribution in [-0.4, -0.2) is 16.2 Å². The second-order valence-corrected chi connectivity index (χ2v) is 7.11. The van der Waals surface area contributed by atoms with Crippen LogP contribution in [0, 0.1) is 0 Å². The van der Waals surface area contributed by atoms with E-state index in [0.717, 1.165) is 12.1 Å². The van der Waals surface area contributed by atoms with Crippen molar-refractivity contribution in [3.63, 3.8) is 0 Å². The molecular weight excluding hydrogens is 364 g/mol. The van der Waals surface area contributed by atoms with E-state index in [-0.39, 0.29) is 5.56 Å². The lowest BCUT2D eigenvalue weighted by atomic mass is 10.1. The summed E-state index contributed by atoms with van der Waals surface area (Å²) in [6, 6.07) is 17.5. The summed E-state index contributed by atoms with van der Waals surface area (Å²) in [5.41, 5.74) is 1.87. The van der Waals surface area contributed by atoms with Crippen LogP contribution in [0.15, 0.2) is 64.2 Å². The standard InChI is InChI=1S/C20H19ClN4O2/c21-17-9-5-4-8-15(17)11-25-18-16(19(26)23-20(25)27)12-24(13-22-18)10-14-6-2-1-3-7-14/h1-9,22H,10-13H2,(H,23,26,27)/p+1. The number of aromatic amines is 1. The molecule has 1 aliphatic heterocycles. The van der Waals surface area contributed by atoms with Crippen LogP contribution >= 0.6 is 11.6 Å². The number of H-pyrrole nitrogens is 1. The molecule has 1 unspecified atom stereocenters. The van der Waals surface area contributed by atoms with E-state index in [1.807, 2.05) is 36.4 Å². The molecule has 2 aromatic carbocycles. The molecule has 1 aliphatic rings. The fraction of sp³-hybridized carbons (Fsp3) is 0.200. The monoisotopic (exact) mass is 383 g/mol. The van der Waals surface area contributed by atoms with Crippen LogP contribution in [0.3, 0.4) is 0 Å². The smallest absolute Gasteiger partial charge is 0.324 e. The van der Waals surface area contributed by atoms with Crippen molar-refractivity contribution >= 4 is 17.4 Å². The van der Waals surface area contributed by atoms with E-state index < -0.39 is 5.69 Å². The number of hydrogen-bond acceptors (Lipinski definition) is 3. The van der Waals surface area contributed by atoms with Gasteiger partial charge in [-0.15, -0.1) is 0 Å². The van der Waals surface area contributed by atoms with Gasteiger partial charge in [0.1, 0.15) is 24.5 Å². The molecule has 7 heteroatoms. The Morgan fingerprint density at radius 2 is 1.78 bits per heavy atom. The summed E-state index contributed by atoms with van der Waals surface area (Å²) in [5, 5.41) is 3.88. The van der Waals surface area contributed by atoms with Gasteiger partial charge in [-0.25, -0.2) is 4.79 Å². The zero-order valence-electron chi connectivity index (χ0n) is 14.7. The van der Waals surface area contributed by atoms with Crippen molar-refractivity contribution in [3.05, 3.63) is 97.1 Å². The minimum Gasteiger partial charge on any atom is -0.324 e.